The zero-order valence-corrected chi connectivity index (χ0v) is 17.3. The molecule has 0 N–H and O–H groups in total. The molecule has 0 bridgehead atoms. The fraction of sp³-hybridized carbons (Fsp3) is 0.864. The van der Waals surface area contributed by atoms with E-state index in [9.17, 15) is 4.79 Å². The highest BCUT2D eigenvalue weighted by Gasteiger charge is 1.95. The Hall–Kier alpha value is -0.870. The minimum atomic E-state index is -0.219. The fourth-order valence-corrected chi connectivity index (χ4v) is 2.92. The Morgan fingerprint density at radius 2 is 1.27 bits per heavy atom. The predicted molar refractivity (Wildman–Crippen MR) is 108 cm³/mol. The van der Waals surface area contributed by atoms with Gasteiger partial charge in [0.2, 0.25) is 0 Å². The number of methoxy groups -OCH3 is 1. The van der Waals surface area contributed by atoms with E-state index in [2.05, 4.69) is 0 Å². The summed E-state index contributed by atoms with van der Waals surface area (Å²) >= 11 is 0. The highest BCUT2D eigenvalue weighted by atomic mass is 16.7. The van der Waals surface area contributed by atoms with Crippen molar-refractivity contribution in [2.24, 2.45) is 0 Å². The fourth-order valence-electron chi connectivity index (χ4n) is 2.92. The smallest absolute Gasteiger partial charge is 0.330 e. The van der Waals surface area contributed by atoms with Crippen LogP contribution in [0.4, 0.5) is 0 Å². The third kappa shape index (κ3) is 21.2. The van der Waals surface area contributed by atoms with Gasteiger partial charge in [-0.05, 0) is 26.2 Å². The molecule has 0 saturated carbocycles. The van der Waals surface area contributed by atoms with Crippen molar-refractivity contribution < 1.29 is 19.0 Å². The Kier molecular flexibility index (Phi) is 21.4. The molecule has 0 aliphatic carbocycles. The largest absolute Gasteiger partial charge is 0.463 e. The van der Waals surface area contributed by atoms with Gasteiger partial charge in [-0.25, -0.2) is 4.79 Å². The first-order valence-electron chi connectivity index (χ1n) is 10.7. The van der Waals surface area contributed by atoms with Crippen LogP contribution in [0.5, 0.6) is 0 Å². The summed E-state index contributed by atoms with van der Waals surface area (Å²) in [5.41, 5.74) is 0. The van der Waals surface area contributed by atoms with Gasteiger partial charge in [0.25, 0.3) is 0 Å². The molecule has 154 valence electrons. The number of carbonyl (C=O) groups excluding carboxylic acids is 1. The van der Waals surface area contributed by atoms with Gasteiger partial charge in [-0.3, -0.25) is 0 Å². The van der Waals surface area contributed by atoms with Gasteiger partial charge in [0, 0.05) is 19.8 Å². The Balaban J connectivity index is 3.08. The second-order valence-electron chi connectivity index (χ2n) is 6.85. The van der Waals surface area contributed by atoms with Crippen LogP contribution < -0.4 is 0 Å². The number of rotatable bonds is 20. The predicted octanol–water partition coefficient (Wildman–Crippen LogP) is 6.19. The van der Waals surface area contributed by atoms with E-state index >= 15 is 0 Å². The van der Waals surface area contributed by atoms with Gasteiger partial charge in [0.1, 0.15) is 6.79 Å². The van der Waals surface area contributed by atoms with E-state index < -0.39 is 0 Å². The zero-order valence-electron chi connectivity index (χ0n) is 17.3. The van der Waals surface area contributed by atoms with Gasteiger partial charge in [0.05, 0.1) is 6.61 Å². The molecule has 26 heavy (non-hydrogen) atoms. The van der Waals surface area contributed by atoms with E-state index in [0.717, 1.165) is 19.4 Å². The average Bonchev–Trinajstić information content (AvgIpc) is 2.64. The number of hydrogen-bond acceptors (Lipinski definition) is 4. The number of esters is 1. The van der Waals surface area contributed by atoms with Gasteiger partial charge < -0.3 is 14.2 Å². The van der Waals surface area contributed by atoms with E-state index in [1.54, 1.807) is 13.2 Å². The first-order chi connectivity index (χ1) is 12.8. The summed E-state index contributed by atoms with van der Waals surface area (Å²) in [5, 5.41) is 0. The average molecular weight is 371 g/mol. The molecule has 0 aliphatic rings. The van der Waals surface area contributed by atoms with Crippen LogP contribution in [0.25, 0.3) is 0 Å². The molecular weight excluding hydrogens is 328 g/mol. The van der Waals surface area contributed by atoms with Crippen molar-refractivity contribution in [3.63, 3.8) is 0 Å². The summed E-state index contributed by atoms with van der Waals surface area (Å²) in [7, 11) is 1.66. The topological polar surface area (TPSA) is 44.8 Å². The molecule has 0 saturated heterocycles. The maximum Gasteiger partial charge on any atom is 0.330 e. The van der Waals surface area contributed by atoms with E-state index in [4.69, 9.17) is 14.2 Å². The third-order valence-electron chi connectivity index (χ3n) is 4.40. The SMILES string of the molecule is CCOC(=O)/C=C/CCCCCCCCCCCCCCCOCOC. The molecule has 0 aromatic carbocycles. The minimum Gasteiger partial charge on any atom is -0.463 e. The summed E-state index contributed by atoms with van der Waals surface area (Å²) in [6.45, 7) is 3.53. The molecular formula is C22H42O4. The second kappa shape index (κ2) is 22.2. The molecule has 0 spiro atoms. The highest BCUT2D eigenvalue weighted by Crippen LogP contribution is 2.13. The van der Waals surface area contributed by atoms with E-state index in [-0.39, 0.29) is 5.97 Å². The molecule has 4 heteroatoms. The maximum atomic E-state index is 11.1. The highest BCUT2D eigenvalue weighted by molar-refractivity contribution is 5.81. The molecule has 0 rings (SSSR count). The molecule has 0 atom stereocenters. The van der Waals surface area contributed by atoms with Crippen molar-refractivity contribution in [2.75, 3.05) is 27.1 Å². The van der Waals surface area contributed by atoms with Gasteiger partial charge >= 0.3 is 5.97 Å². The first-order valence-corrected chi connectivity index (χ1v) is 10.7. The minimum absolute atomic E-state index is 0.219. The quantitative estimate of drug-likeness (QED) is 0.111. The third-order valence-corrected chi connectivity index (χ3v) is 4.40. The summed E-state index contributed by atoms with van der Waals surface area (Å²) in [6.07, 6.45) is 21.6. The summed E-state index contributed by atoms with van der Waals surface area (Å²) in [4.78, 5) is 11.1. The van der Waals surface area contributed by atoms with Crippen LogP contribution in [-0.4, -0.2) is 33.1 Å². The van der Waals surface area contributed by atoms with Crippen molar-refractivity contribution in [3.8, 4) is 0 Å². The Morgan fingerprint density at radius 1 is 0.769 bits per heavy atom. The van der Waals surface area contributed by atoms with Crippen LogP contribution in [0, 0.1) is 0 Å². The van der Waals surface area contributed by atoms with E-state index in [1.165, 1.54) is 77.0 Å². The van der Waals surface area contributed by atoms with Crippen LogP contribution in [0.3, 0.4) is 0 Å². The van der Waals surface area contributed by atoms with Crippen molar-refractivity contribution in [2.45, 2.75) is 96.8 Å². The summed E-state index contributed by atoms with van der Waals surface area (Å²) in [6, 6.07) is 0. The molecule has 4 nitrogen and oxygen atoms in total. The lowest BCUT2D eigenvalue weighted by molar-refractivity contribution is -0.137. The van der Waals surface area contributed by atoms with Crippen LogP contribution in [0.2, 0.25) is 0 Å². The van der Waals surface area contributed by atoms with Crippen LogP contribution >= 0.6 is 0 Å². The van der Waals surface area contributed by atoms with E-state index in [0.29, 0.717) is 13.4 Å². The lowest BCUT2D eigenvalue weighted by Crippen LogP contribution is -1.98. The Labute approximate surface area is 161 Å². The van der Waals surface area contributed by atoms with Crippen molar-refractivity contribution in [3.05, 3.63) is 12.2 Å². The van der Waals surface area contributed by atoms with Gasteiger partial charge in [-0.15, -0.1) is 0 Å². The van der Waals surface area contributed by atoms with Gasteiger partial charge in [-0.2, -0.15) is 0 Å². The van der Waals surface area contributed by atoms with Crippen LogP contribution in [0.15, 0.2) is 12.2 Å². The molecule has 0 amide bonds. The lowest BCUT2D eigenvalue weighted by atomic mass is 10.0. The van der Waals surface area contributed by atoms with Gasteiger partial charge in [-0.1, -0.05) is 76.7 Å². The number of allylic oxidation sites excluding steroid dienone is 1. The van der Waals surface area contributed by atoms with E-state index in [1.807, 2.05) is 13.0 Å². The van der Waals surface area contributed by atoms with Crippen LogP contribution in [-0.2, 0) is 19.0 Å². The molecule has 0 heterocycles. The monoisotopic (exact) mass is 370 g/mol. The maximum absolute atomic E-state index is 11.1. The summed E-state index contributed by atoms with van der Waals surface area (Å²) < 4.78 is 15.0. The normalized spacial score (nSPS) is 11.3. The molecule has 0 fully saturated rings. The number of unbranched alkanes of at least 4 members (excludes halogenated alkanes) is 13. The molecule has 0 radical (unpaired) electrons. The van der Waals surface area contributed by atoms with Crippen LogP contribution in [0.1, 0.15) is 96.8 Å². The van der Waals surface area contributed by atoms with Crippen molar-refractivity contribution in [1.29, 1.82) is 0 Å². The standard InChI is InChI=1S/C22H42O4/c1-3-26-22(23)19-17-15-13-11-9-7-5-4-6-8-10-12-14-16-18-20-25-21-24-2/h17,19H,3-16,18,20-21H2,1-2H3/b19-17+. The lowest BCUT2D eigenvalue weighted by Gasteiger charge is -2.04. The molecule has 0 unspecified atom stereocenters. The Morgan fingerprint density at radius 3 is 1.77 bits per heavy atom. The van der Waals surface area contributed by atoms with Crippen molar-refractivity contribution >= 4 is 5.97 Å². The second-order valence-corrected chi connectivity index (χ2v) is 6.85. The van der Waals surface area contributed by atoms with Gasteiger partial charge in [0.15, 0.2) is 0 Å². The number of hydrogen-bond donors (Lipinski definition) is 0. The first kappa shape index (κ1) is 25.1. The van der Waals surface area contributed by atoms with Crippen molar-refractivity contribution in [1.82, 2.24) is 0 Å². The zero-order chi connectivity index (χ0) is 19.1. The number of ether oxygens (including phenoxy) is 3. The summed E-state index contributed by atoms with van der Waals surface area (Å²) in [5.74, 6) is -0.219. The molecule has 0 aromatic rings. The molecule has 0 aromatic heterocycles. The number of carbonyl (C=O) groups is 1. The molecule has 0 aliphatic heterocycles. The Bertz CT molecular complexity index is 315.